The zero-order valence-electron chi connectivity index (χ0n) is 5.20. The number of halogens is 1. The molecule has 48 valence electrons. The molecular formula is C5H13AlClN. The van der Waals surface area contributed by atoms with Crippen LogP contribution in [0.4, 0.5) is 0 Å². The Hall–Kier alpha value is 0.782. The Morgan fingerprint density at radius 3 is 1.75 bits per heavy atom. The summed E-state index contributed by atoms with van der Waals surface area (Å²) in [5.74, 6) is 0. The smallest absolute Gasteiger partial charge is 0.344 e. The van der Waals surface area contributed by atoms with Crippen molar-refractivity contribution < 1.29 is 0 Å². The van der Waals surface area contributed by atoms with Gasteiger partial charge >= 0.3 is 13.2 Å². The fourth-order valence-corrected chi connectivity index (χ4v) is 3.73. The first-order valence-electron chi connectivity index (χ1n) is 3.03. The van der Waals surface area contributed by atoms with Crippen LogP contribution in [0.3, 0.4) is 0 Å². The van der Waals surface area contributed by atoms with E-state index in [0.29, 0.717) is 0 Å². The maximum absolute atomic E-state index is 5.96. The molecule has 0 aliphatic carbocycles. The predicted molar refractivity (Wildman–Crippen MR) is 40.1 cm³/mol. The lowest BCUT2D eigenvalue weighted by molar-refractivity contribution is 0.731. The summed E-state index contributed by atoms with van der Waals surface area (Å²) in [7, 11) is 5.96. The van der Waals surface area contributed by atoms with Gasteiger partial charge in [0.2, 0.25) is 0 Å². The summed E-state index contributed by atoms with van der Waals surface area (Å²) in [6.07, 6.45) is 4.27. The molecule has 0 unspecified atom stereocenters. The molecule has 0 aromatic rings. The molecule has 0 radical (unpaired) electrons. The standard InChI is InChI=1S/C5H10.Al.ClH.H3N/c1-3-5-4-2;;;/h1-5H2;;1H;1H3/q;+1;;/p-1. The van der Waals surface area contributed by atoms with Crippen LogP contribution in [-0.4, -0.2) is 13.2 Å². The molecule has 3 N–H and O–H groups in total. The molecule has 8 heavy (non-hydrogen) atoms. The molecule has 1 fully saturated rings. The zero-order chi connectivity index (χ0) is 5.11. The maximum Gasteiger partial charge on any atom is 0.399 e. The van der Waals surface area contributed by atoms with E-state index in [1.807, 2.05) is 0 Å². The van der Waals surface area contributed by atoms with Crippen LogP contribution in [0.25, 0.3) is 0 Å². The third-order valence-corrected chi connectivity index (χ3v) is 4.91. The molecule has 0 spiro atoms. The number of hydrogen-bond donors (Lipinski definition) is 1. The van der Waals surface area contributed by atoms with Crippen molar-refractivity contribution >= 4 is 23.3 Å². The van der Waals surface area contributed by atoms with Gasteiger partial charge in [0.1, 0.15) is 0 Å². The highest BCUT2D eigenvalue weighted by Crippen LogP contribution is 2.20. The minimum Gasteiger partial charge on any atom is -0.344 e. The Morgan fingerprint density at radius 1 is 1.00 bits per heavy atom. The molecule has 1 rings (SSSR count). The molecule has 3 heteroatoms. The number of hydrogen-bond acceptors (Lipinski definition) is 1. The van der Waals surface area contributed by atoms with E-state index in [4.69, 9.17) is 10.0 Å². The average molecular weight is 150 g/mol. The average Bonchev–Trinajstić information content (AvgIpc) is 1.69. The van der Waals surface area contributed by atoms with Gasteiger partial charge in [-0.25, -0.2) is 0 Å². The van der Waals surface area contributed by atoms with Crippen molar-refractivity contribution in [3.05, 3.63) is 0 Å². The van der Waals surface area contributed by atoms with Gasteiger partial charge in [-0.15, -0.1) is 0 Å². The molecule has 0 aromatic carbocycles. The molecule has 1 saturated heterocycles. The first-order valence-corrected chi connectivity index (χ1v) is 6.41. The van der Waals surface area contributed by atoms with Crippen molar-refractivity contribution in [3.63, 3.8) is 0 Å². The van der Waals surface area contributed by atoms with E-state index < -0.39 is 13.2 Å². The summed E-state index contributed by atoms with van der Waals surface area (Å²) in [4.78, 5) is 0. The summed E-state index contributed by atoms with van der Waals surface area (Å²) < 4.78 is 0. The van der Waals surface area contributed by atoms with Gasteiger partial charge in [-0.2, -0.15) is 0 Å². The SMILES string of the molecule is N.[Cl][Al]1[CH2]CCC[CH2]1. The van der Waals surface area contributed by atoms with E-state index in [0.717, 1.165) is 0 Å². The fourth-order valence-electron chi connectivity index (χ4n) is 1.05. The van der Waals surface area contributed by atoms with Crippen LogP contribution in [0.5, 0.6) is 0 Å². The van der Waals surface area contributed by atoms with Crippen LogP contribution < -0.4 is 6.15 Å². The van der Waals surface area contributed by atoms with Crippen LogP contribution in [0, 0.1) is 0 Å². The molecule has 0 saturated carbocycles. The van der Waals surface area contributed by atoms with Gasteiger partial charge in [0.15, 0.2) is 0 Å². The lowest BCUT2D eigenvalue weighted by atomic mass is 10.3. The van der Waals surface area contributed by atoms with Gasteiger partial charge in [-0.3, -0.25) is 10.0 Å². The summed E-state index contributed by atoms with van der Waals surface area (Å²) in [6.45, 7) is 0. The summed E-state index contributed by atoms with van der Waals surface area (Å²) in [6, 6.07) is 0. The first-order chi connectivity index (χ1) is 3.39. The quantitative estimate of drug-likeness (QED) is 0.528. The first kappa shape index (κ1) is 8.78. The van der Waals surface area contributed by atoms with Crippen LogP contribution in [-0.2, 0) is 0 Å². The lowest BCUT2D eigenvalue weighted by Gasteiger charge is -2.08. The highest BCUT2D eigenvalue weighted by molar-refractivity contribution is 7.06. The van der Waals surface area contributed by atoms with Crippen molar-refractivity contribution in [3.8, 4) is 0 Å². The van der Waals surface area contributed by atoms with Gasteiger partial charge in [0.05, 0.1) is 0 Å². The lowest BCUT2D eigenvalue weighted by Crippen LogP contribution is -2.06. The highest BCUT2D eigenvalue weighted by Gasteiger charge is 2.16. The Balaban J connectivity index is 0.000000490. The Morgan fingerprint density at radius 2 is 1.50 bits per heavy atom. The van der Waals surface area contributed by atoms with Crippen LogP contribution in [0.2, 0.25) is 10.6 Å². The van der Waals surface area contributed by atoms with Crippen molar-refractivity contribution in [1.82, 2.24) is 6.15 Å². The second-order valence-electron chi connectivity index (χ2n) is 2.24. The fraction of sp³-hybridized carbons (Fsp3) is 1.00. The molecule has 1 aliphatic heterocycles. The van der Waals surface area contributed by atoms with Crippen LogP contribution >= 0.6 is 10.0 Å². The second kappa shape index (κ2) is 4.64. The topological polar surface area (TPSA) is 35.0 Å². The van der Waals surface area contributed by atoms with Crippen LogP contribution in [0.1, 0.15) is 19.3 Å². The van der Waals surface area contributed by atoms with E-state index in [1.165, 1.54) is 29.8 Å². The molecule has 0 amide bonds. The van der Waals surface area contributed by atoms with E-state index in [9.17, 15) is 0 Å². The Kier molecular flexibility index (Phi) is 5.10. The zero-order valence-corrected chi connectivity index (χ0v) is 7.11. The van der Waals surface area contributed by atoms with Crippen molar-refractivity contribution in [2.45, 2.75) is 29.8 Å². The van der Waals surface area contributed by atoms with Gasteiger partial charge in [-0.05, 0) is 0 Å². The maximum atomic E-state index is 5.96. The van der Waals surface area contributed by atoms with Gasteiger partial charge in [0.25, 0.3) is 0 Å². The predicted octanol–water partition coefficient (Wildman–Crippen LogP) is 2.56. The van der Waals surface area contributed by atoms with E-state index in [1.54, 1.807) is 0 Å². The van der Waals surface area contributed by atoms with Gasteiger partial charge in [-0.1, -0.05) is 29.8 Å². The van der Waals surface area contributed by atoms with Crippen molar-refractivity contribution in [1.29, 1.82) is 0 Å². The minimum atomic E-state index is -0.622. The number of rotatable bonds is 0. The molecular weight excluding hydrogens is 136 g/mol. The molecule has 0 atom stereocenters. The van der Waals surface area contributed by atoms with E-state index in [2.05, 4.69) is 0 Å². The van der Waals surface area contributed by atoms with Crippen molar-refractivity contribution in [2.24, 2.45) is 0 Å². The molecule has 1 nitrogen and oxygen atoms in total. The van der Waals surface area contributed by atoms with Gasteiger partial charge < -0.3 is 6.15 Å². The van der Waals surface area contributed by atoms with Crippen molar-refractivity contribution in [2.75, 3.05) is 0 Å². The third-order valence-electron chi connectivity index (χ3n) is 1.53. The van der Waals surface area contributed by atoms with E-state index >= 15 is 0 Å². The molecule has 0 aromatic heterocycles. The molecule has 1 aliphatic rings. The largest absolute Gasteiger partial charge is 0.399 e. The summed E-state index contributed by atoms with van der Waals surface area (Å²) in [5.41, 5.74) is 0. The summed E-state index contributed by atoms with van der Waals surface area (Å²) in [5, 5.41) is 2.78. The third kappa shape index (κ3) is 2.94. The Labute approximate surface area is 59.6 Å². The monoisotopic (exact) mass is 149 g/mol. The summed E-state index contributed by atoms with van der Waals surface area (Å²) >= 11 is -0.622. The highest BCUT2D eigenvalue weighted by atomic mass is 35.6. The second-order valence-corrected chi connectivity index (χ2v) is 6.44. The van der Waals surface area contributed by atoms with E-state index in [-0.39, 0.29) is 6.15 Å². The van der Waals surface area contributed by atoms with Gasteiger partial charge in [0, 0.05) is 0 Å². The minimum absolute atomic E-state index is 0. The van der Waals surface area contributed by atoms with Crippen LogP contribution in [0.15, 0.2) is 0 Å². The normalized spacial score (nSPS) is 19.9. The Bertz CT molecular complexity index is 54.4. The molecule has 1 heterocycles. The molecule has 0 bridgehead atoms.